The summed E-state index contributed by atoms with van der Waals surface area (Å²) < 4.78 is 68.6. The number of carbonyl (C=O) groups excluding carboxylic acids is 4. The van der Waals surface area contributed by atoms with Gasteiger partial charge in [0, 0.05) is 25.7 Å². The highest BCUT2D eigenvalue weighted by Crippen LogP contribution is 2.45. The lowest BCUT2D eigenvalue weighted by molar-refractivity contribution is -0.161. The van der Waals surface area contributed by atoms with Crippen LogP contribution in [-0.4, -0.2) is 96.7 Å². The van der Waals surface area contributed by atoms with E-state index in [2.05, 4.69) is 137 Å². The highest BCUT2D eigenvalue weighted by atomic mass is 31.2. The van der Waals surface area contributed by atoms with E-state index >= 15 is 0 Å². The zero-order valence-electron chi connectivity index (χ0n) is 65.7. The Balaban J connectivity index is 5.40. The van der Waals surface area contributed by atoms with Crippen LogP contribution in [0.2, 0.25) is 0 Å². The normalized spacial score (nSPS) is 14.4. The molecule has 0 aliphatic rings. The molecule has 0 heterocycles. The highest BCUT2D eigenvalue weighted by molar-refractivity contribution is 7.47. The molecule has 0 fully saturated rings. The van der Waals surface area contributed by atoms with Gasteiger partial charge in [0.1, 0.15) is 19.3 Å². The van der Waals surface area contributed by atoms with Crippen LogP contribution >= 0.6 is 15.6 Å². The van der Waals surface area contributed by atoms with Crippen LogP contribution in [0, 0.1) is 0 Å². The lowest BCUT2D eigenvalue weighted by atomic mass is 10.0. The Morgan fingerprint density at radius 2 is 0.500 bits per heavy atom. The monoisotopic (exact) mass is 1500 g/mol. The molecule has 19 heteroatoms. The number of hydrogen-bond acceptors (Lipinski definition) is 15. The average molecular weight is 1500 g/mol. The zero-order valence-corrected chi connectivity index (χ0v) is 67.5. The average Bonchev–Trinajstić information content (AvgIpc) is 0.918. The van der Waals surface area contributed by atoms with Gasteiger partial charge in [0.2, 0.25) is 0 Å². The standard InChI is InChI=1S/C85H148O17P2/c1-5-9-13-17-21-25-29-33-37-38-39-40-44-46-50-54-58-62-66-70-83(88)96-76-81(102-85(90)72-68-64-60-56-52-48-43-36-32-28-24-20-16-12-8-4)78-100-104(93,94)98-74-79(86)73-97-103(91,92)99-77-80(101-84(89)71-67-63-59-55-51-47-42-35-31-27-23-19-15-11-7-3)75-95-82(87)69-65-61-57-53-49-45-41-34-30-26-22-18-14-10-6-2/h9,12-13,16,21,24-25,28,33,36-37,39-40,43,46,50,52,56,79-81,86H,5-8,10-11,14-15,17-20,22-23,26-27,29-32,34-35,38,41-42,44-45,47-49,51,53-55,57-78H2,1-4H3,(H,91,92)(H,93,94)/b13-9-,16-12-,25-21-,28-24-,37-33-,40-39-,43-36-,50-46-,56-52-. The Kier molecular flexibility index (Phi) is 73.7. The van der Waals surface area contributed by atoms with Crippen LogP contribution in [0.3, 0.4) is 0 Å². The first-order chi connectivity index (χ1) is 50.7. The van der Waals surface area contributed by atoms with Gasteiger partial charge in [0.15, 0.2) is 12.2 Å². The summed E-state index contributed by atoms with van der Waals surface area (Å²) in [4.78, 5) is 73.1. The molecule has 0 amide bonds. The Bertz CT molecular complexity index is 2390. The van der Waals surface area contributed by atoms with Crippen molar-refractivity contribution < 1.29 is 80.2 Å². The zero-order chi connectivity index (χ0) is 76.0. The molecule has 0 aromatic heterocycles. The van der Waals surface area contributed by atoms with Crippen LogP contribution in [0.15, 0.2) is 109 Å². The quantitative estimate of drug-likeness (QED) is 0.0169. The van der Waals surface area contributed by atoms with E-state index in [1.165, 1.54) is 135 Å². The third-order valence-corrected chi connectivity index (χ3v) is 19.2. The lowest BCUT2D eigenvalue weighted by Gasteiger charge is -2.21. The smallest absolute Gasteiger partial charge is 0.462 e. The summed E-state index contributed by atoms with van der Waals surface area (Å²) in [5.41, 5.74) is 0. The Morgan fingerprint density at radius 1 is 0.279 bits per heavy atom. The molecule has 17 nitrogen and oxygen atoms in total. The van der Waals surface area contributed by atoms with E-state index in [-0.39, 0.29) is 25.7 Å². The molecule has 0 aliphatic heterocycles. The molecule has 104 heavy (non-hydrogen) atoms. The number of allylic oxidation sites excluding steroid dienone is 18. The minimum Gasteiger partial charge on any atom is -0.462 e. The molecule has 0 saturated heterocycles. The molecule has 0 radical (unpaired) electrons. The minimum absolute atomic E-state index is 0.0339. The van der Waals surface area contributed by atoms with Gasteiger partial charge in [-0.3, -0.25) is 37.3 Å². The molecular formula is C85H148O17P2. The maximum absolute atomic E-state index is 13.1. The fraction of sp³-hybridized carbons (Fsp3) is 0.741. The van der Waals surface area contributed by atoms with Crippen molar-refractivity contribution >= 4 is 39.5 Å². The third kappa shape index (κ3) is 75.9. The summed E-state index contributed by atoms with van der Waals surface area (Å²) in [5, 5.41) is 10.6. The van der Waals surface area contributed by atoms with E-state index in [1.54, 1.807) is 0 Å². The second-order valence-corrected chi connectivity index (χ2v) is 30.2. The maximum Gasteiger partial charge on any atom is 0.472 e. The van der Waals surface area contributed by atoms with E-state index in [1.807, 2.05) is 0 Å². The van der Waals surface area contributed by atoms with Gasteiger partial charge in [-0.25, -0.2) is 9.13 Å². The topological polar surface area (TPSA) is 237 Å². The fourth-order valence-corrected chi connectivity index (χ4v) is 12.6. The van der Waals surface area contributed by atoms with Crippen molar-refractivity contribution in [2.75, 3.05) is 39.6 Å². The molecule has 0 aromatic carbocycles. The minimum atomic E-state index is -5.00. The van der Waals surface area contributed by atoms with Crippen LogP contribution in [-0.2, 0) is 65.4 Å². The van der Waals surface area contributed by atoms with Gasteiger partial charge in [-0.1, -0.05) is 323 Å². The first-order valence-corrected chi connectivity index (χ1v) is 44.1. The Hall–Kier alpha value is -4.28. The largest absolute Gasteiger partial charge is 0.472 e. The van der Waals surface area contributed by atoms with Crippen molar-refractivity contribution in [1.82, 2.24) is 0 Å². The van der Waals surface area contributed by atoms with Crippen molar-refractivity contribution in [1.29, 1.82) is 0 Å². The number of hydrogen-bond donors (Lipinski definition) is 3. The van der Waals surface area contributed by atoms with Gasteiger partial charge >= 0.3 is 39.5 Å². The first-order valence-electron chi connectivity index (χ1n) is 41.1. The summed E-state index contributed by atoms with van der Waals surface area (Å²) in [6.07, 6.45) is 83.5. The lowest BCUT2D eigenvalue weighted by Crippen LogP contribution is -2.30. The van der Waals surface area contributed by atoms with Crippen molar-refractivity contribution in [3.63, 3.8) is 0 Å². The van der Waals surface area contributed by atoms with Crippen molar-refractivity contribution in [3.8, 4) is 0 Å². The fourth-order valence-electron chi connectivity index (χ4n) is 11.1. The van der Waals surface area contributed by atoms with Crippen LogP contribution in [0.5, 0.6) is 0 Å². The molecule has 0 aromatic rings. The highest BCUT2D eigenvalue weighted by Gasteiger charge is 2.30. The predicted octanol–water partition coefficient (Wildman–Crippen LogP) is 24.1. The van der Waals surface area contributed by atoms with Gasteiger partial charge < -0.3 is 33.8 Å². The van der Waals surface area contributed by atoms with Crippen molar-refractivity contribution in [3.05, 3.63) is 109 Å². The summed E-state index contributed by atoms with van der Waals surface area (Å²) >= 11 is 0. The number of rotatable bonds is 77. The summed E-state index contributed by atoms with van der Waals surface area (Å²) in [7, 11) is -9.98. The van der Waals surface area contributed by atoms with Gasteiger partial charge in [-0.05, 0) is 109 Å². The van der Waals surface area contributed by atoms with E-state index < -0.39 is 97.5 Å². The second kappa shape index (κ2) is 76.9. The maximum atomic E-state index is 13.1. The SMILES string of the molecule is CC/C=C\C/C=C\C/C=C\C/C=C\C/C=C\CCCCCC(=O)OCC(COP(=O)(O)OCC(O)COP(=O)(O)OCC(COC(=O)CCCCCCCCCCCCCCCCC)OC(=O)CCCCCCCCCCCCCCCCC)OC(=O)CCCC/C=C\C/C=C\C/C=C\C/C=C\CC. The molecule has 600 valence electrons. The third-order valence-electron chi connectivity index (χ3n) is 17.3. The molecule has 0 aliphatic carbocycles. The Labute approximate surface area is 632 Å². The summed E-state index contributed by atoms with van der Waals surface area (Å²) in [6, 6.07) is 0. The van der Waals surface area contributed by atoms with E-state index in [0.29, 0.717) is 32.1 Å². The number of ether oxygens (including phenoxy) is 4. The molecule has 3 N–H and O–H groups in total. The second-order valence-electron chi connectivity index (χ2n) is 27.3. The van der Waals surface area contributed by atoms with Crippen LogP contribution in [0.1, 0.15) is 349 Å². The number of esters is 4. The summed E-state index contributed by atoms with van der Waals surface area (Å²) in [5.74, 6) is -2.24. The first kappa shape index (κ1) is 99.7. The van der Waals surface area contributed by atoms with Crippen molar-refractivity contribution in [2.24, 2.45) is 0 Å². The predicted molar refractivity (Wildman–Crippen MR) is 427 cm³/mol. The van der Waals surface area contributed by atoms with E-state index in [9.17, 15) is 43.2 Å². The summed E-state index contributed by atoms with van der Waals surface area (Å²) in [6.45, 7) is 4.62. The number of aliphatic hydroxyl groups excluding tert-OH is 1. The number of aliphatic hydroxyl groups is 1. The van der Waals surface area contributed by atoms with E-state index in [4.69, 9.17) is 37.0 Å². The number of unbranched alkanes of at least 4 members (excludes halogenated alkanes) is 33. The van der Waals surface area contributed by atoms with Gasteiger partial charge in [0.05, 0.1) is 26.4 Å². The molecular weight excluding hydrogens is 1350 g/mol. The molecule has 5 atom stereocenters. The molecule has 0 bridgehead atoms. The molecule has 0 spiro atoms. The van der Waals surface area contributed by atoms with Crippen molar-refractivity contribution in [2.45, 2.75) is 367 Å². The number of phosphoric ester groups is 2. The molecule has 0 saturated carbocycles. The van der Waals surface area contributed by atoms with Gasteiger partial charge in [0.25, 0.3) is 0 Å². The molecule has 0 rings (SSSR count). The Morgan fingerprint density at radius 3 is 0.788 bits per heavy atom. The van der Waals surface area contributed by atoms with Crippen LogP contribution in [0.25, 0.3) is 0 Å². The van der Waals surface area contributed by atoms with Gasteiger partial charge in [-0.2, -0.15) is 0 Å². The van der Waals surface area contributed by atoms with E-state index in [0.717, 1.165) is 128 Å². The van der Waals surface area contributed by atoms with Gasteiger partial charge in [-0.15, -0.1) is 0 Å². The van der Waals surface area contributed by atoms with Crippen LogP contribution < -0.4 is 0 Å². The molecule has 5 unspecified atom stereocenters. The number of carbonyl (C=O) groups is 4. The number of phosphoric acid groups is 2. The van der Waals surface area contributed by atoms with Crippen LogP contribution in [0.4, 0.5) is 0 Å².